The van der Waals surface area contributed by atoms with Crippen molar-refractivity contribution in [3.8, 4) is 0 Å². The molecule has 0 unspecified atom stereocenters. The molecule has 2 rings (SSSR count). The first-order valence-corrected chi connectivity index (χ1v) is 3.86. The average molecular weight is 182 g/mol. The summed E-state index contributed by atoms with van der Waals surface area (Å²) in [7, 11) is 1.67. The van der Waals surface area contributed by atoms with Gasteiger partial charge in [-0.05, 0) is 12.1 Å². The van der Waals surface area contributed by atoms with E-state index in [0.717, 1.165) is 5.69 Å². The van der Waals surface area contributed by atoms with Crippen LogP contribution in [0.15, 0.2) is 18.2 Å². The van der Waals surface area contributed by atoms with Gasteiger partial charge in [0.2, 0.25) is 0 Å². The lowest BCUT2D eigenvalue weighted by atomic mass is 10.3. The van der Waals surface area contributed by atoms with Gasteiger partial charge in [-0.25, -0.2) is 4.79 Å². The van der Waals surface area contributed by atoms with Gasteiger partial charge in [-0.15, -0.1) is 0 Å². The van der Waals surface area contributed by atoms with Gasteiger partial charge in [0.15, 0.2) is 0 Å². The summed E-state index contributed by atoms with van der Waals surface area (Å²) in [5.41, 5.74) is 1.35. The van der Waals surface area contributed by atoms with E-state index in [4.69, 9.17) is 11.6 Å². The van der Waals surface area contributed by atoms with Gasteiger partial charge >= 0.3 is 6.03 Å². The second kappa shape index (κ2) is 2.38. The van der Waals surface area contributed by atoms with Gasteiger partial charge in [-0.2, -0.15) is 5.32 Å². The summed E-state index contributed by atoms with van der Waals surface area (Å²) in [4.78, 5) is 12.6. The van der Waals surface area contributed by atoms with Crippen LogP contribution >= 0.6 is 11.6 Å². The minimum absolute atomic E-state index is 0.266. The fraction of sp³-hybridized carbons (Fsp3) is 0.125. The summed E-state index contributed by atoms with van der Waals surface area (Å²) < 4.78 is 0. The largest absolute Gasteiger partial charge is 0.348 e. The second-order valence-corrected chi connectivity index (χ2v) is 2.97. The number of amides is 2. The van der Waals surface area contributed by atoms with E-state index in [-0.39, 0.29) is 6.03 Å². The highest BCUT2D eigenvalue weighted by Crippen LogP contribution is 2.36. The lowest BCUT2D eigenvalue weighted by Crippen LogP contribution is -2.22. The third kappa shape index (κ3) is 0.865. The van der Waals surface area contributed by atoms with Crippen LogP contribution in [0.2, 0.25) is 5.02 Å². The Bertz CT molecular complexity index is 351. The van der Waals surface area contributed by atoms with E-state index >= 15 is 0 Å². The Kier molecular flexibility index (Phi) is 1.48. The Labute approximate surface area is 74.9 Å². The molecule has 0 saturated heterocycles. The van der Waals surface area contributed by atoms with Crippen LogP contribution in [0.1, 0.15) is 0 Å². The fourth-order valence-electron chi connectivity index (χ4n) is 1.16. The molecule has 0 aromatic heterocycles. The maximum Gasteiger partial charge on any atom is 0.348 e. The third-order valence-electron chi connectivity index (χ3n) is 1.82. The van der Waals surface area contributed by atoms with E-state index in [1.165, 1.54) is 4.90 Å². The molecule has 0 N–H and O–H groups in total. The Morgan fingerprint density at radius 1 is 1.50 bits per heavy atom. The van der Waals surface area contributed by atoms with Crippen molar-refractivity contribution in [1.29, 1.82) is 0 Å². The number of nitrogens with zero attached hydrogens (tertiary/aromatic N) is 2. The third-order valence-corrected chi connectivity index (χ3v) is 2.13. The fourth-order valence-corrected chi connectivity index (χ4v) is 1.37. The Hall–Kier alpha value is -1.22. The minimum atomic E-state index is -0.266. The molecular formula is C8H6ClN2O. The van der Waals surface area contributed by atoms with Gasteiger partial charge in [0.05, 0.1) is 10.7 Å². The summed E-state index contributed by atoms with van der Waals surface area (Å²) in [5.74, 6) is 0. The number of urea groups is 1. The van der Waals surface area contributed by atoms with Crippen molar-refractivity contribution in [2.45, 2.75) is 0 Å². The number of hydrogen-bond donors (Lipinski definition) is 0. The van der Waals surface area contributed by atoms with Gasteiger partial charge in [-0.3, -0.25) is 4.90 Å². The molecule has 1 aromatic carbocycles. The Morgan fingerprint density at radius 2 is 2.25 bits per heavy atom. The van der Waals surface area contributed by atoms with Crippen molar-refractivity contribution in [2.24, 2.45) is 0 Å². The molecule has 61 valence electrons. The predicted molar refractivity (Wildman–Crippen MR) is 47.0 cm³/mol. The second-order valence-electron chi connectivity index (χ2n) is 2.56. The van der Waals surface area contributed by atoms with Crippen LogP contribution in [0.25, 0.3) is 0 Å². The first kappa shape index (κ1) is 7.43. The highest BCUT2D eigenvalue weighted by Gasteiger charge is 2.26. The Balaban J connectivity index is 2.60. The normalized spacial score (nSPS) is 14.5. The van der Waals surface area contributed by atoms with Gasteiger partial charge in [0.25, 0.3) is 0 Å². The van der Waals surface area contributed by atoms with Gasteiger partial charge < -0.3 is 0 Å². The first-order valence-electron chi connectivity index (χ1n) is 3.48. The van der Waals surface area contributed by atoms with Crippen molar-refractivity contribution in [3.05, 3.63) is 23.2 Å². The Morgan fingerprint density at radius 3 is 2.92 bits per heavy atom. The van der Waals surface area contributed by atoms with Crippen LogP contribution in [0.4, 0.5) is 16.2 Å². The van der Waals surface area contributed by atoms with Gasteiger partial charge in [-0.1, -0.05) is 17.7 Å². The molecule has 0 saturated carbocycles. The topological polar surface area (TPSA) is 34.4 Å². The van der Waals surface area contributed by atoms with E-state index in [1.807, 2.05) is 6.07 Å². The lowest BCUT2D eigenvalue weighted by molar-refractivity contribution is 0.252. The van der Waals surface area contributed by atoms with E-state index in [1.54, 1.807) is 19.2 Å². The molecule has 1 radical (unpaired) electrons. The van der Waals surface area contributed by atoms with Crippen LogP contribution in [0.3, 0.4) is 0 Å². The number of carbonyl (C=O) groups is 1. The summed E-state index contributed by atoms with van der Waals surface area (Å²) >= 11 is 5.83. The number of rotatable bonds is 0. The number of hydrogen-bond acceptors (Lipinski definition) is 1. The van der Waals surface area contributed by atoms with Crippen molar-refractivity contribution >= 4 is 29.0 Å². The number of carbonyl (C=O) groups excluding carboxylic acids is 1. The van der Waals surface area contributed by atoms with E-state index < -0.39 is 0 Å². The molecule has 0 atom stereocenters. The quantitative estimate of drug-likeness (QED) is 0.604. The van der Waals surface area contributed by atoms with Crippen LogP contribution in [-0.4, -0.2) is 13.1 Å². The van der Waals surface area contributed by atoms with Gasteiger partial charge in [0, 0.05) is 7.05 Å². The first-order chi connectivity index (χ1) is 5.70. The molecule has 2 amide bonds. The smallest absolute Gasteiger partial charge is 0.293 e. The standard InChI is InChI=1S/C8H6ClN2O/c1-11-6-4-2-3-5(9)7(6)10-8(11)12/h2-4H,1H3. The molecular weight excluding hydrogens is 176 g/mol. The molecule has 4 heteroatoms. The number of anilines is 1. The average Bonchev–Trinajstić information content (AvgIpc) is 2.32. The monoisotopic (exact) mass is 181 g/mol. The van der Waals surface area contributed by atoms with Crippen molar-refractivity contribution in [2.75, 3.05) is 11.9 Å². The number of halogens is 1. The van der Waals surface area contributed by atoms with Crippen LogP contribution in [-0.2, 0) is 0 Å². The zero-order chi connectivity index (χ0) is 8.72. The number of benzene rings is 1. The molecule has 0 aliphatic carbocycles. The lowest BCUT2D eigenvalue weighted by Gasteiger charge is -2.05. The molecule has 0 bridgehead atoms. The van der Waals surface area contributed by atoms with Crippen molar-refractivity contribution in [3.63, 3.8) is 0 Å². The maximum absolute atomic E-state index is 11.1. The molecule has 1 aliphatic rings. The molecule has 0 fully saturated rings. The van der Waals surface area contributed by atoms with E-state index in [0.29, 0.717) is 10.7 Å². The predicted octanol–water partition coefficient (Wildman–Crippen LogP) is 2.15. The van der Waals surface area contributed by atoms with Crippen molar-refractivity contribution in [1.82, 2.24) is 5.32 Å². The number of para-hydroxylation sites is 1. The zero-order valence-electron chi connectivity index (χ0n) is 6.41. The highest BCUT2D eigenvalue weighted by molar-refractivity contribution is 6.34. The summed E-state index contributed by atoms with van der Waals surface area (Å²) in [5, 5.41) is 4.31. The molecule has 1 heterocycles. The SMILES string of the molecule is CN1C(=O)[N]c2c(Cl)cccc21. The summed E-state index contributed by atoms with van der Waals surface area (Å²) in [6.07, 6.45) is 0. The van der Waals surface area contributed by atoms with E-state index in [9.17, 15) is 4.79 Å². The molecule has 3 nitrogen and oxygen atoms in total. The van der Waals surface area contributed by atoms with E-state index in [2.05, 4.69) is 5.32 Å². The van der Waals surface area contributed by atoms with Crippen molar-refractivity contribution < 1.29 is 4.79 Å². The molecule has 1 aliphatic heterocycles. The van der Waals surface area contributed by atoms with Crippen LogP contribution in [0.5, 0.6) is 0 Å². The number of fused-ring (bicyclic) bond motifs is 1. The zero-order valence-corrected chi connectivity index (χ0v) is 7.17. The van der Waals surface area contributed by atoms with Crippen LogP contribution in [0, 0.1) is 0 Å². The maximum atomic E-state index is 11.1. The summed E-state index contributed by atoms with van der Waals surface area (Å²) in [6.45, 7) is 0. The molecule has 12 heavy (non-hydrogen) atoms. The molecule has 0 spiro atoms. The highest BCUT2D eigenvalue weighted by atomic mass is 35.5. The molecule has 1 aromatic rings. The summed E-state index contributed by atoms with van der Waals surface area (Å²) in [6, 6.07) is 5.07. The van der Waals surface area contributed by atoms with Crippen LogP contribution < -0.4 is 10.2 Å². The minimum Gasteiger partial charge on any atom is -0.293 e. The van der Waals surface area contributed by atoms with Gasteiger partial charge in [0.1, 0.15) is 5.69 Å².